The van der Waals surface area contributed by atoms with Crippen LogP contribution in [-0.4, -0.2) is 48.0 Å². The van der Waals surface area contributed by atoms with Crippen LogP contribution in [0.4, 0.5) is 0 Å². The SMILES string of the molecule is CN(C)C1CCCN(Cc2cccc3cc[nH]c23)C1. The van der Waals surface area contributed by atoms with Crippen LogP contribution in [0, 0.1) is 0 Å². The first-order valence-electron chi connectivity index (χ1n) is 7.18. The molecule has 1 aliphatic heterocycles. The Morgan fingerprint density at radius 2 is 2.21 bits per heavy atom. The van der Waals surface area contributed by atoms with Crippen molar-refractivity contribution in [3.63, 3.8) is 0 Å². The van der Waals surface area contributed by atoms with Crippen molar-refractivity contribution in [1.29, 1.82) is 0 Å². The molecular weight excluding hydrogens is 234 g/mol. The molecule has 102 valence electrons. The van der Waals surface area contributed by atoms with Crippen LogP contribution in [0.1, 0.15) is 18.4 Å². The van der Waals surface area contributed by atoms with Crippen molar-refractivity contribution in [3.05, 3.63) is 36.0 Å². The second-order valence-electron chi connectivity index (χ2n) is 5.85. The number of hydrogen-bond acceptors (Lipinski definition) is 2. The van der Waals surface area contributed by atoms with E-state index in [1.54, 1.807) is 0 Å². The Morgan fingerprint density at radius 1 is 1.32 bits per heavy atom. The summed E-state index contributed by atoms with van der Waals surface area (Å²) >= 11 is 0. The molecule has 3 nitrogen and oxygen atoms in total. The Morgan fingerprint density at radius 3 is 3.05 bits per heavy atom. The van der Waals surface area contributed by atoms with Crippen molar-refractivity contribution in [2.75, 3.05) is 27.2 Å². The molecule has 2 aromatic rings. The Kier molecular flexibility index (Phi) is 3.58. The number of likely N-dealkylation sites (tertiary alicyclic amines) is 1. The minimum atomic E-state index is 0.705. The van der Waals surface area contributed by atoms with Crippen LogP contribution in [0.15, 0.2) is 30.5 Å². The zero-order valence-corrected chi connectivity index (χ0v) is 11.9. The summed E-state index contributed by atoms with van der Waals surface area (Å²) in [6, 6.07) is 9.44. The lowest BCUT2D eigenvalue weighted by Crippen LogP contribution is -2.44. The molecule has 1 aliphatic rings. The lowest BCUT2D eigenvalue weighted by molar-refractivity contribution is 0.128. The lowest BCUT2D eigenvalue weighted by Gasteiger charge is -2.36. The van der Waals surface area contributed by atoms with Crippen molar-refractivity contribution < 1.29 is 0 Å². The maximum Gasteiger partial charge on any atom is 0.0499 e. The van der Waals surface area contributed by atoms with Gasteiger partial charge in [-0.3, -0.25) is 4.90 Å². The highest BCUT2D eigenvalue weighted by molar-refractivity contribution is 5.82. The largest absolute Gasteiger partial charge is 0.361 e. The standard InChI is InChI=1S/C16H23N3/c1-18(2)15-7-4-10-19(12-15)11-14-6-3-5-13-8-9-17-16(13)14/h3,5-6,8-9,15,17H,4,7,10-12H2,1-2H3. The van der Waals surface area contributed by atoms with Crippen LogP contribution in [0.25, 0.3) is 10.9 Å². The smallest absolute Gasteiger partial charge is 0.0499 e. The van der Waals surface area contributed by atoms with Crippen LogP contribution in [0.3, 0.4) is 0 Å². The highest BCUT2D eigenvalue weighted by Gasteiger charge is 2.21. The van der Waals surface area contributed by atoms with Gasteiger partial charge in [0.25, 0.3) is 0 Å². The molecule has 1 unspecified atom stereocenters. The molecule has 1 aromatic carbocycles. The number of hydrogen-bond donors (Lipinski definition) is 1. The molecule has 0 bridgehead atoms. The van der Waals surface area contributed by atoms with Crippen molar-refractivity contribution in [2.24, 2.45) is 0 Å². The first kappa shape index (κ1) is 12.7. The molecule has 1 fully saturated rings. The van der Waals surface area contributed by atoms with Gasteiger partial charge in [-0.15, -0.1) is 0 Å². The van der Waals surface area contributed by atoms with Crippen molar-refractivity contribution >= 4 is 10.9 Å². The number of likely N-dealkylation sites (N-methyl/N-ethyl adjacent to an activating group) is 1. The fourth-order valence-electron chi connectivity index (χ4n) is 3.12. The number of nitrogens with one attached hydrogen (secondary N) is 1. The predicted octanol–water partition coefficient (Wildman–Crippen LogP) is 2.69. The van der Waals surface area contributed by atoms with Crippen LogP contribution in [0.5, 0.6) is 0 Å². The second kappa shape index (κ2) is 5.35. The van der Waals surface area contributed by atoms with E-state index in [1.165, 1.54) is 42.4 Å². The maximum atomic E-state index is 3.37. The van der Waals surface area contributed by atoms with Crippen molar-refractivity contribution in [2.45, 2.75) is 25.4 Å². The molecule has 3 rings (SSSR count). The van der Waals surface area contributed by atoms with Gasteiger partial charge in [0, 0.05) is 30.8 Å². The number of aromatic amines is 1. The number of nitrogens with zero attached hydrogens (tertiary/aromatic N) is 2. The van der Waals surface area contributed by atoms with Gasteiger partial charge in [0.1, 0.15) is 0 Å². The minimum Gasteiger partial charge on any atom is -0.361 e. The van der Waals surface area contributed by atoms with E-state index < -0.39 is 0 Å². The van der Waals surface area contributed by atoms with Crippen LogP contribution < -0.4 is 0 Å². The minimum absolute atomic E-state index is 0.705. The second-order valence-corrected chi connectivity index (χ2v) is 5.85. The maximum absolute atomic E-state index is 3.37. The van der Waals surface area contributed by atoms with Gasteiger partial charge in [0.05, 0.1) is 0 Å². The third-order valence-electron chi connectivity index (χ3n) is 4.28. The molecular formula is C16H23N3. The fourth-order valence-corrected chi connectivity index (χ4v) is 3.12. The first-order chi connectivity index (χ1) is 9.24. The van der Waals surface area contributed by atoms with Gasteiger partial charge in [0.2, 0.25) is 0 Å². The summed E-state index contributed by atoms with van der Waals surface area (Å²) in [5, 5.41) is 1.32. The highest BCUT2D eigenvalue weighted by Crippen LogP contribution is 2.21. The summed E-state index contributed by atoms with van der Waals surface area (Å²) in [5.41, 5.74) is 2.72. The van der Waals surface area contributed by atoms with Gasteiger partial charge in [-0.2, -0.15) is 0 Å². The first-order valence-corrected chi connectivity index (χ1v) is 7.18. The summed E-state index contributed by atoms with van der Waals surface area (Å²) in [6.07, 6.45) is 4.67. The normalized spacial score (nSPS) is 21.3. The number of H-pyrrole nitrogens is 1. The molecule has 0 amide bonds. The number of aromatic nitrogens is 1. The van der Waals surface area contributed by atoms with Gasteiger partial charge in [-0.25, -0.2) is 0 Å². The molecule has 19 heavy (non-hydrogen) atoms. The quantitative estimate of drug-likeness (QED) is 0.913. The fraction of sp³-hybridized carbons (Fsp3) is 0.500. The monoisotopic (exact) mass is 257 g/mol. The molecule has 1 N–H and O–H groups in total. The predicted molar refractivity (Wildman–Crippen MR) is 80.3 cm³/mol. The van der Waals surface area contributed by atoms with E-state index in [0.717, 1.165) is 6.54 Å². The lowest BCUT2D eigenvalue weighted by atomic mass is 10.0. The third kappa shape index (κ3) is 2.67. The molecule has 2 heterocycles. The van der Waals surface area contributed by atoms with Crippen LogP contribution in [0.2, 0.25) is 0 Å². The number of rotatable bonds is 3. The summed E-state index contributed by atoms with van der Waals surface area (Å²) in [4.78, 5) is 8.32. The topological polar surface area (TPSA) is 22.3 Å². The van der Waals surface area contributed by atoms with Crippen LogP contribution >= 0.6 is 0 Å². The Balaban J connectivity index is 1.75. The Hall–Kier alpha value is -1.32. The number of fused-ring (bicyclic) bond motifs is 1. The van der Waals surface area contributed by atoms with Crippen LogP contribution in [-0.2, 0) is 6.54 Å². The van der Waals surface area contributed by atoms with Crippen molar-refractivity contribution in [1.82, 2.24) is 14.8 Å². The molecule has 1 aromatic heterocycles. The third-order valence-corrected chi connectivity index (χ3v) is 4.28. The average molecular weight is 257 g/mol. The van der Waals surface area contributed by atoms with Gasteiger partial charge < -0.3 is 9.88 Å². The van der Waals surface area contributed by atoms with E-state index in [4.69, 9.17) is 0 Å². The van der Waals surface area contributed by atoms with E-state index in [-0.39, 0.29) is 0 Å². The van der Waals surface area contributed by atoms with Gasteiger partial charge in [-0.1, -0.05) is 18.2 Å². The van der Waals surface area contributed by atoms with Gasteiger partial charge in [-0.05, 0) is 50.5 Å². The van der Waals surface area contributed by atoms with E-state index in [2.05, 4.69) is 53.1 Å². The number of para-hydroxylation sites is 1. The van der Waals surface area contributed by atoms with Gasteiger partial charge in [0.15, 0.2) is 0 Å². The summed E-state index contributed by atoms with van der Waals surface area (Å²) < 4.78 is 0. The van der Waals surface area contributed by atoms with E-state index >= 15 is 0 Å². The summed E-state index contributed by atoms with van der Waals surface area (Å²) in [7, 11) is 4.39. The molecule has 0 spiro atoms. The highest BCUT2D eigenvalue weighted by atomic mass is 15.2. The zero-order valence-electron chi connectivity index (χ0n) is 11.9. The molecule has 3 heteroatoms. The van der Waals surface area contributed by atoms with Crippen molar-refractivity contribution in [3.8, 4) is 0 Å². The van der Waals surface area contributed by atoms with Gasteiger partial charge >= 0.3 is 0 Å². The summed E-state index contributed by atoms with van der Waals surface area (Å²) in [6.45, 7) is 3.47. The molecule has 1 atom stereocenters. The summed E-state index contributed by atoms with van der Waals surface area (Å²) in [5.74, 6) is 0. The van der Waals surface area contributed by atoms with E-state index in [9.17, 15) is 0 Å². The number of benzene rings is 1. The van der Waals surface area contributed by atoms with E-state index in [1.807, 2.05) is 6.20 Å². The average Bonchev–Trinajstić information content (AvgIpc) is 2.88. The van der Waals surface area contributed by atoms with E-state index in [0.29, 0.717) is 6.04 Å². The zero-order chi connectivity index (χ0) is 13.2. The molecule has 0 saturated carbocycles. The Labute approximate surface area is 115 Å². The number of piperidine rings is 1. The molecule has 1 saturated heterocycles. The Bertz CT molecular complexity index is 544. The molecule has 0 aliphatic carbocycles. The molecule has 0 radical (unpaired) electrons.